The SMILES string of the molecule is COC(=O)Cn1ncc(N2CC(C)OC(C)C2)c(Br)c1=O. The molecule has 1 aliphatic rings. The van der Waals surface area contributed by atoms with Gasteiger partial charge in [-0.2, -0.15) is 5.10 Å². The first-order valence-corrected chi connectivity index (χ1v) is 7.44. The molecule has 2 rings (SSSR count). The summed E-state index contributed by atoms with van der Waals surface area (Å²) in [5.74, 6) is -0.516. The van der Waals surface area contributed by atoms with Gasteiger partial charge in [-0.3, -0.25) is 9.59 Å². The summed E-state index contributed by atoms with van der Waals surface area (Å²) >= 11 is 3.31. The summed E-state index contributed by atoms with van der Waals surface area (Å²) in [4.78, 5) is 25.5. The molecule has 1 aromatic rings. The second-order valence-corrected chi connectivity index (χ2v) is 5.84. The molecule has 8 heteroatoms. The minimum absolute atomic E-state index is 0.0816. The molecular weight excluding hydrogens is 342 g/mol. The molecule has 0 aliphatic carbocycles. The van der Waals surface area contributed by atoms with Crippen molar-refractivity contribution in [3.05, 3.63) is 21.0 Å². The molecule has 1 aromatic heterocycles. The molecule has 2 atom stereocenters. The highest BCUT2D eigenvalue weighted by Crippen LogP contribution is 2.25. The van der Waals surface area contributed by atoms with Crippen LogP contribution in [0.5, 0.6) is 0 Å². The summed E-state index contributed by atoms with van der Waals surface area (Å²) in [7, 11) is 1.27. The number of halogens is 1. The summed E-state index contributed by atoms with van der Waals surface area (Å²) in [5.41, 5.74) is 0.354. The minimum atomic E-state index is -0.516. The smallest absolute Gasteiger partial charge is 0.327 e. The van der Waals surface area contributed by atoms with Crippen LogP contribution < -0.4 is 10.5 Å². The van der Waals surface area contributed by atoms with Gasteiger partial charge >= 0.3 is 5.97 Å². The van der Waals surface area contributed by atoms with E-state index in [1.165, 1.54) is 7.11 Å². The number of hydrogen-bond acceptors (Lipinski definition) is 6. The Hall–Kier alpha value is -1.41. The van der Waals surface area contributed by atoms with E-state index in [-0.39, 0.29) is 24.3 Å². The number of nitrogens with zero attached hydrogens (tertiary/aromatic N) is 3. The van der Waals surface area contributed by atoms with Crippen LogP contribution in [0.3, 0.4) is 0 Å². The second-order valence-electron chi connectivity index (χ2n) is 5.05. The van der Waals surface area contributed by atoms with Crippen molar-refractivity contribution in [1.82, 2.24) is 9.78 Å². The van der Waals surface area contributed by atoms with Crippen LogP contribution in [0.2, 0.25) is 0 Å². The molecule has 0 bridgehead atoms. The van der Waals surface area contributed by atoms with Gasteiger partial charge in [0.2, 0.25) is 0 Å². The first kappa shape index (κ1) is 16.0. The lowest BCUT2D eigenvalue weighted by Crippen LogP contribution is -2.46. The molecule has 116 valence electrons. The number of hydrogen-bond donors (Lipinski definition) is 0. The van der Waals surface area contributed by atoms with E-state index in [1.54, 1.807) is 6.20 Å². The van der Waals surface area contributed by atoms with E-state index < -0.39 is 5.97 Å². The summed E-state index contributed by atoms with van der Waals surface area (Å²) in [6.07, 6.45) is 1.75. The van der Waals surface area contributed by atoms with E-state index in [0.29, 0.717) is 23.2 Å². The van der Waals surface area contributed by atoms with E-state index in [1.807, 2.05) is 13.8 Å². The predicted octanol–water partition coefficient (Wildman–Crippen LogP) is 0.792. The topological polar surface area (TPSA) is 73.7 Å². The predicted molar refractivity (Wildman–Crippen MR) is 80.4 cm³/mol. The highest BCUT2D eigenvalue weighted by Gasteiger charge is 2.25. The number of anilines is 1. The van der Waals surface area contributed by atoms with Crippen LogP contribution in [-0.4, -0.2) is 48.2 Å². The van der Waals surface area contributed by atoms with Gasteiger partial charge in [-0.25, -0.2) is 4.68 Å². The fourth-order valence-corrected chi connectivity index (χ4v) is 2.91. The van der Waals surface area contributed by atoms with Gasteiger partial charge in [-0.15, -0.1) is 0 Å². The summed E-state index contributed by atoms with van der Waals surface area (Å²) in [5, 5.41) is 4.04. The van der Waals surface area contributed by atoms with Crippen molar-refractivity contribution >= 4 is 27.6 Å². The maximum Gasteiger partial charge on any atom is 0.327 e. The molecule has 0 amide bonds. The molecule has 0 saturated carbocycles. The summed E-state index contributed by atoms with van der Waals surface area (Å²) in [6, 6.07) is 0. The third-order valence-corrected chi connectivity index (χ3v) is 3.98. The normalized spacial score (nSPS) is 22.2. The molecular formula is C13H18BrN3O4. The Morgan fingerprint density at radius 3 is 2.67 bits per heavy atom. The lowest BCUT2D eigenvalue weighted by molar-refractivity contribution is -0.141. The van der Waals surface area contributed by atoms with Crippen molar-refractivity contribution in [3.63, 3.8) is 0 Å². The molecule has 0 spiro atoms. The zero-order valence-electron chi connectivity index (χ0n) is 12.2. The maximum absolute atomic E-state index is 12.2. The number of carbonyl (C=O) groups excluding carboxylic acids is 1. The van der Waals surface area contributed by atoms with Gasteiger partial charge in [0.05, 0.1) is 31.2 Å². The Balaban J connectivity index is 2.28. The highest BCUT2D eigenvalue weighted by molar-refractivity contribution is 9.10. The van der Waals surface area contributed by atoms with Gasteiger partial charge < -0.3 is 14.4 Å². The van der Waals surface area contributed by atoms with Crippen molar-refractivity contribution in [3.8, 4) is 0 Å². The molecule has 1 saturated heterocycles. The fraction of sp³-hybridized carbons (Fsp3) is 0.615. The van der Waals surface area contributed by atoms with Crippen molar-refractivity contribution in [1.29, 1.82) is 0 Å². The number of esters is 1. The third-order valence-electron chi connectivity index (χ3n) is 3.23. The number of carbonyl (C=O) groups is 1. The molecule has 0 N–H and O–H groups in total. The number of methoxy groups -OCH3 is 1. The molecule has 0 aromatic carbocycles. The molecule has 2 heterocycles. The van der Waals surface area contributed by atoms with Crippen molar-refractivity contribution in [2.24, 2.45) is 0 Å². The molecule has 21 heavy (non-hydrogen) atoms. The Kier molecular flexibility index (Phi) is 5.00. The van der Waals surface area contributed by atoms with Crippen molar-refractivity contribution in [2.75, 3.05) is 25.1 Å². The number of ether oxygens (including phenoxy) is 2. The Labute approximate surface area is 131 Å². The third kappa shape index (κ3) is 3.62. The van der Waals surface area contributed by atoms with Gasteiger partial charge in [0.1, 0.15) is 11.0 Å². The fourth-order valence-electron chi connectivity index (χ4n) is 2.35. The summed E-state index contributed by atoms with van der Waals surface area (Å²) in [6.45, 7) is 5.14. The second kappa shape index (κ2) is 6.57. The average molecular weight is 360 g/mol. The van der Waals surface area contributed by atoms with E-state index in [9.17, 15) is 9.59 Å². The molecule has 1 fully saturated rings. The average Bonchev–Trinajstić information content (AvgIpc) is 2.42. The quantitative estimate of drug-likeness (QED) is 0.743. The van der Waals surface area contributed by atoms with Crippen LogP contribution in [0.1, 0.15) is 13.8 Å². The Morgan fingerprint density at radius 2 is 2.10 bits per heavy atom. The molecule has 1 aliphatic heterocycles. The minimum Gasteiger partial charge on any atom is -0.468 e. The van der Waals surface area contributed by atoms with Gasteiger partial charge in [0.25, 0.3) is 5.56 Å². The largest absolute Gasteiger partial charge is 0.468 e. The van der Waals surface area contributed by atoms with E-state index in [4.69, 9.17) is 4.74 Å². The van der Waals surface area contributed by atoms with Crippen LogP contribution in [0.15, 0.2) is 15.5 Å². The standard InChI is InChI=1S/C13H18BrN3O4/c1-8-5-16(6-9(2)21-8)10-4-15-17(7-11(18)20-3)13(19)12(10)14/h4,8-9H,5-7H2,1-3H3. The Morgan fingerprint density at radius 1 is 1.48 bits per heavy atom. The molecule has 0 radical (unpaired) electrons. The van der Waals surface area contributed by atoms with Crippen LogP contribution >= 0.6 is 15.9 Å². The first-order valence-electron chi connectivity index (χ1n) is 6.65. The van der Waals surface area contributed by atoms with Crippen molar-refractivity contribution in [2.45, 2.75) is 32.6 Å². The van der Waals surface area contributed by atoms with Crippen LogP contribution in [0, 0.1) is 0 Å². The number of aromatic nitrogens is 2. The van der Waals surface area contributed by atoms with Crippen LogP contribution in [0.4, 0.5) is 5.69 Å². The van der Waals surface area contributed by atoms with E-state index in [0.717, 1.165) is 4.68 Å². The number of morpholine rings is 1. The lowest BCUT2D eigenvalue weighted by Gasteiger charge is -2.36. The number of rotatable bonds is 3. The summed E-state index contributed by atoms with van der Waals surface area (Å²) < 4.78 is 11.7. The first-order chi connectivity index (χ1) is 9.92. The van der Waals surface area contributed by atoms with E-state index >= 15 is 0 Å². The van der Waals surface area contributed by atoms with Gasteiger partial charge in [0, 0.05) is 13.1 Å². The zero-order chi connectivity index (χ0) is 15.6. The monoisotopic (exact) mass is 359 g/mol. The Bertz CT molecular complexity index is 579. The highest BCUT2D eigenvalue weighted by atomic mass is 79.9. The zero-order valence-corrected chi connectivity index (χ0v) is 13.8. The van der Waals surface area contributed by atoms with Gasteiger partial charge in [-0.05, 0) is 29.8 Å². The van der Waals surface area contributed by atoms with Crippen LogP contribution in [0.25, 0.3) is 0 Å². The molecule has 2 unspecified atom stereocenters. The lowest BCUT2D eigenvalue weighted by atomic mass is 10.2. The van der Waals surface area contributed by atoms with E-state index in [2.05, 4.69) is 30.7 Å². The van der Waals surface area contributed by atoms with Gasteiger partial charge in [0.15, 0.2) is 0 Å². The van der Waals surface area contributed by atoms with Crippen LogP contribution in [-0.2, 0) is 20.8 Å². The van der Waals surface area contributed by atoms with Crippen molar-refractivity contribution < 1.29 is 14.3 Å². The molecule has 7 nitrogen and oxygen atoms in total. The maximum atomic E-state index is 12.2. The van der Waals surface area contributed by atoms with Gasteiger partial charge in [-0.1, -0.05) is 0 Å².